The molecule has 1 aromatic rings. The van der Waals surface area contributed by atoms with E-state index in [4.69, 9.17) is 4.74 Å². The summed E-state index contributed by atoms with van der Waals surface area (Å²) >= 11 is 0. The van der Waals surface area contributed by atoms with Crippen molar-refractivity contribution >= 4 is 5.97 Å². The van der Waals surface area contributed by atoms with Gasteiger partial charge in [-0.3, -0.25) is 4.79 Å². The number of benzene rings is 1. The molecule has 0 spiro atoms. The van der Waals surface area contributed by atoms with Crippen LogP contribution in [-0.4, -0.2) is 5.97 Å². The minimum atomic E-state index is -0.161. The molecule has 0 heterocycles. The highest BCUT2D eigenvalue weighted by atomic mass is 16.5. The third-order valence-electron chi connectivity index (χ3n) is 2.44. The number of hydrogen-bond donors (Lipinski definition) is 0. The lowest BCUT2D eigenvalue weighted by Gasteiger charge is -2.18. The zero-order valence-corrected chi connectivity index (χ0v) is 11.4. The Labute approximate surface area is 104 Å². The summed E-state index contributed by atoms with van der Waals surface area (Å²) in [5.41, 5.74) is 1.04. The predicted molar refractivity (Wildman–Crippen MR) is 70.2 cm³/mol. The molecule has 2 nitrogen and oxygen atoms in total. The lowest BCUT2D eigenvalue weighted by molar-refractivity contribution is -0.136. The van der Waals surface area contributed by atoms with Crippen molar-refractivity contribution in [1.29, 1.82) is 0 Å². The van der Waals surface area contributed by atoms with Crippen molar-refractivity contribution in [3.63, 3.8) is 0 Å². The number of para-hydroxylation sites is 1. The molecule has 0 bridgehead atoms. The first-order valence-corrected chi connectivity index (χ1v) is 6.09. The van der Waals surface area contributed by atoms with Crippen molar-refractivity contribution in [3.05, 3.63) is 29.8 Å². The van der Waals surface area contributed by atoms with Gasteiger partial charge in [0.05, 0.1) is 6.42 Å². The summed E-state index contributed by atoms with van der Waals surface area (Å²) in [5, 5.41) is 0. The maximum Gasteiger partial charge on any atom is 0.311 e. The Balaban J connectivity index is 2.78. The number of carbonyl (C=O) groups is 1. The summed E-state index contributed by atoms with van der Waals surface area (Å²) in [5.74, 6) is 0.885. The average molecular weight is 234 g/mol. The number of carbonyl (C=O) groups excluding carboxylic acids is 1. The number of rotatable bonds is 3. The Bertz CT molecular complexity index is 386. The van der Waals surface area contributed by atoms with Crippen LogP contribution in [0.1, 0.15) is 52.5 Å². The fourth-order valence-corrected chi connectivity index (χ4v) is 1.64. The molecule has 0 saturated heterocycles. The SMILES string of the molecule is CC(C)c1ccccc1OC(=O)CC(C)(C)C. The Kier molecular flexibility index (Phi) is 4.33. The summed E-state index contributed by atoms with van der Waals surface area (Å²) in [7, 11) is 0. The van der Waals surface area contributed by atoms with Gasteiger partial charge in [0.2, 0.25) is 0 Å². The summed E-state index contributed by atoms with van der Waals surface area (Å²) in [6.07, 6.45) is 0.430. The topological polar surface area (TPSA) is 26.3 Å². The molecule has 0 atom stereocenters. The summed E-state index contributed by atoms with van der Waals surface area (Å²) in [6.45, 7) is 10.3. The Morgan fingerprint density at radius 3 is 2.35 bits per heavy atom. The van der Waals surface area contributed by atoms with Gasteiger partial charge >= 0.3 is 5.97 Å². The first-order chi connectivity index (χ1) is 7.79. The molecule has 2 heteroatoms. The summed E-state index contributed by atoms with van der Waals surface area (Å²) < 4.78 is 5.44. The standard InChI is InChI=1S/C15H22O2/c1-11(2)12-8-6-7-9-13(12)17-14(16)10-15(3,4)5/h6-9,11H,10H2,1-5H3. The Morgan fingerprint density at radius 1 is 1.24 bits per heavy atom. The van der Waals surface area contributed by atoms with Crippen molar-refractivity contribution in [2.45, 2.75) is 47.0 Å². The monoisotopic (exact) mass is 234 g/mol. The number of hydrogen-bond acceptors (Lipinski definition) is 2. The fourth-order valence-electron chi connectivity index (χ4n) is 1.64. The van der Waals surface area contributed by atoms with E-state index in [1.54, 1.807) is 0 Å². The smallest absolute Gasteiger partial charge is 0.311 e. The summed E-state index contributed by atoms with van der Waals surface area (Å²) in [4.78, 5) is 11.8. The van der Waals surface area contributed by atoms with Crippen LogP contribution in [0.25, 0.3) is 0 Å². The molecule has 0 aromatic heterocycles. The lowest BCUT2D eigenvalue weighted by Crippen LogP contribution is -2.18. The van der Waals surface area contributed by atoms with Gasteiger partial charge in [-0.25, -0.2) is 0 Å². The number of esters is 1. The first-order valence-electron chi connectivity index (χ1n) is 6.09. The maximum absolute atomic E-state index is 11.8. The van der Waals surface area contributed by atoms with Crippen LogP contribution < -0.4 is 4.74 Å². The molecule has 1 rings (SSSR count). The number of ether oxygens (including phenoxy) is 1. The molecule has 0 aliphatic heterocycles. The third-order valence-corrected chi connectivity index (χ3v) is 2.44. The van der Waals surface area contributed by atoms with Gasteiger partial charge in [0.1, 0.15) is 5.75 Å². The van der Waals surface area contributed by atoms with Crippen LogP contribution in [0.3, 0.4) is 0 Å². The Morgan fingerprint density at radius 2 is 1.82 bits per heavy atom. The van der Waals surface area contributed by atoms with E-state index in [2.05, 4.69) is 13.8 Å². The molecule has 0 aliphatic carbocycles. The zero-order chi connectivity index (χ0) is 13.1. The molecule has 0 radical (unpaired) electrons. The van der Waals surface area contributed by atoms with E-state index >= 15 is 0 Å². The van der Waals surface area contributed by atoms with Gasteiger partial charge in [0, 0.05) is 0 Å². The van der Waals surface area contributed by atoms with Crippen molar-refractivity contribution in [3.8, 4) is 5.75 Å². The zero-order valence-electron chi connectivity index (χ0n) is 11.4. The minimum Gasteiger partial charge on any atom is -0.426 e. The second kappa shape index (κ2) is 5.35. The van der Waals surface area contributed by atoms with Gasteiger partial charge in [-0.05, 0) is 23.0 Å². The van der Waals surface area contributed by atoms with Crippen LogP contribution in [0.15, 0.2) is 24.3 Å². The molecule has 1 aromatic carbocycles. The van der Waals surface area contributed by atoms with Crippen LogP contribution in [0, 0.1) is 5.41 Å². The van der Waals surface area contributed by atoms with Crippen LogP contribution in [-0.2, 0) is 4.79 Å². The maximum atomic E-state index is 11.8. The molecule has 0 unspecified atom stereocenters. The molecule has 0 N–H and O–H groups in total. The molecular formula is C15H22O2. The van der Waals surface area contributed by atoms with Gasteiger partial charge in [-0.2, -0.15) is 0 Å². The minimum absolute atomic E-state index is 0.0378. The molecular weight excluding hydrogens is 212 g/mol. The van der Waals surface area contributed by atoms with E-state index in [-0.39, 0.29) is 11.4 Å². The molecule has 0 fully saturated rings. The van der Waals surface area contributed by atoms with Crippen LogP contribution in [0.5, 0.6) is 5.75 Å². The van der Waals surface area contributed by atoms with Gasteiger partial charge in [0.15, 0.2) is 0 Å². The fraction of sp³-hybridized carbons (Fsp3) is 0.533. The normalized spacial score (nSPS) is 11.6. The van der Waals surface area contributed by atoms with Crippen LogP contribution in [0.4, 0.5) is 0 Å². The highest BCUT2D eigenvalue weighted by Gasteiger charge is 2.18. The highest BCUT2D eigenvalue weighted by molar-refractivity contribution is 5.73. The van der Waals surface area contributed by atoms with Crippen molar-refractivity contribution in [2.75, 3.05) is 0 Å². The first kappa shape index (κ1) is 13.8. The van der Waals surface area contributed by atoms with E-state index in [9.17, 15) is 4.79 Å². The molecule has 0 amide bonds. The predicted octanol–water partition coefficient (Wildman–Crippen LogP) is 4.15. The molecule has 0 saturated carbocycles. The van der Waals surface area contributed by atoms with Crippen molar-refractivity contribution in [2.24, 2.45) is 5.41 Å². The van der Waals surface area contributed by atoms with Gasteiger partial charge in [-0.15, -0.1) is 0 Å². The largest absolute Gasteiger partial charge is 0.426 e. The van der Waals surface area contributed by atoms with Crippen molar-refractivity contribution < 1.29 is 9.53 Å². The van der Waals surface area contributed by atoms with Gasteiger partial charge < -0.3 is 4.74 Å². The van der Waals surface area contributed by atoms with Crippen LogP contribution >= 0.6 is 0 Å². The van der Waals surface area contributed by atoms with E-state index in [0.717, 1.165) is 5.56 Å². The molecule has 17 heavy (non-hydrogen) atoms. The third kappa shape index (κ3) is 4.59. The van der Waals surface area contributed by atoms with Crippen LogP contribution in [0.2, 0.25) is 0 Å². The highest BCUT2D eigenvalue weighted by Crippen LogP contribution is 2.27. The van der Waals surface area contributed by atoms with E-state index in [1.807, 2.05) is 45.0 Å². The lowest BCUT2D eigenvalue weighted by atomic mass is 9.92. The van der Waals surface area contributed by atoms with E-state index < -0.39 is 0 Å². The Hall–Kier alpha value is -1.31. The summed E-state index contributed by atoms with van der Waals surface area (Å²) in [6, 6.07) is 7.72. The van der Waals surface area contributed by atoms with Gasteiger partial charge in [0.25, 0.3) is 0 Å². The van der Waals surface area contributed by atoms with E-state index in [1.165, 1.54) is 0 Å². The molecule has 0 aliphatic rings. The average Bonchev–Trinajstić information content (AvgIpc) is 2.14. The quantitative estimate of drug-likeness (QED) is 0.580. The van der Waals surface area contributed by atoms with Crippen molar-refractivity contribution in [1.82, 2.24) is 0 Å². The second-order valence-electron chi connectivity index (χ2n) is 5.90. The molecule has 94 valence electrons. The van der Waals surface area contributed by atoms with E-state index in [0.29, 0.717) is 18.1 Å². The second-order valence-corrected chi connectivity index (χ2v) is 5.90. The van der Waals surface area contributed by atoms with Gasteiger partial charge in [-0.1, -0.05) is 52.8 Å².